The molecule has 2 heterocycles. The van der Waals surface area contributed by atoms with Crippen LogP contribution in [-0.2, 0) is 4.74 Å². The Morgan fingerprint density at radius 3 is 3.00 bits per heavy atom. The number of oxime groups is 1. The summed E-state index contributed by atoms with van der Waals surface area (Å²) in [4.78, 5) is 6.37. The third kappa shape index (κ3) is 3.57. The second kappa shape index (κ2) is 6.38. The summed E-state index contributed by atoms with van der Waals surface area (Å²) in [6, 6.07) is 3.64. The molecular weight excluding hydrogens is 244 g/mol. The maximum absolute atomic E-state index is 8.59. The molecule has 1 fully saturated rings. The molecule has 6 nitrogen and oxygen atoms in total. The van der Waals surface area contributed by atoms with Crippen LogP contribution in [0.1, 0.15) is 24.8 Å². The van der Waals surface area contributed by atoms with Crippen molar-refractivity contribution in [1.29, 1.82) is 0 Å². The Bertz CT molecular complexity index is 427. The number of hydrogen-bond donors (Lipinski definition) is 2. The molecule has 1 aromatic heterocycles. The summed E-state index contributed by atoms with van der Waals surface area (Å²) >= 11 is 0. The minimum absolute atomic E-state index is 0.0670. The molecule has 0 bridgehead atoms. The molecule has 1 unspecified atom stereocenters. The minimum atomic E-state index is 0.0670. The zero-order valence-corrected chi connectivity index (χ0v) is 11.1. The van der Waals surface area contributed by atoms with E-state index in [4.69, 9.17) is 15.7 Å². The van der Waals surface area contributed by atoms with Crippen LogP contribution in [0.15, 0.2) is 23.5 Å². The monoisotopic (exact) mass is 264 g/mol. The van der Waals surface area contributed by atoms with E-state index >= 15 is 0 Å². The molecule has 0 aromatic carbocycles. The molecule has 3 N–H and O–H groups in total. The Morgan fingerprint density at radius 2 is 2.42 bits per heavy atom. The minimum Gasteiger partial charge on any atom is -0.409 e. The molecule has 0 saturated carbocycles. The van der Waals surface area contributed by atoms with Gasteiger partial charge in [-0.05, 0) is 31.4 Å². The number of aromatic nitrogens is 1. The van der Waals surface area contributed by atoms with Crippen molar-refractivity contribution in [3.05, 3.63) is 23.9 Å². The zero-order valence-electron chi connectivity index (χ0n) is 11.1. The first-order valence-corrected chi connectivity index (χ1v) is 6.47. The van der Waals surface area contributed by atoms with E-state index in [-0.39, 0.29) is 11.9 Å². The maximum Gasteiger partial charge on any atom is 0.171 e. The van der Waals surface area contributed by atoms with Crippen molar-refractivity contribution in [2.24, 2.45) is 10.9 Å². The lowest BCUT2D eigenvalue weighted by Crippen LogP contribution is -2.33. The summed E-state index contributed by atoms with van der Waals surface area (Å²) in [6.45, 7) is 1.68. The second-order valence-electron chi connectivity index (χ2n) is 4.76. The van der Waals surface area contributed by atoms with E-state index < -0.39 is 0 Å². The van der Waals surface area contributed by atoms with Crippen molar-refractivity contribution in [1.82, 2.24) is 4.98 Å². The van der Waals surface area contributed by atoms with Gasteiger partial charge in [-0.15, -0.1) is 0 Å². The van der Waals surface area contributed by atoms with Gasteiger partial charge in [0, 0.05) is 32.0 Å². The molecular formula is C13H20N4O2. The second-order valence-corrected chi connectivity index (χ2v) is 4.76. The normalized spacial score (nSPS) is 20.3. The smallest absolute Gasteiger partial charge is 0.171 e. The van der Waals surface area contributed by atoms with Gasteiger partial charge in [0.25, 0.3) is 0 Å². The van der Waals surface area contributed by atoms with E-state index in [1.54, 1.807) is 12.3 Å². The largest absolute Gasteiger partial charge is 0.409 e. The SMILES string of the molecule is CN(CC1CCCCO1)c1ccc(C(N)=NO)cn1. The van der Waals surface area contributed by atoms with E-state index in [0.29, 0.717) is 5.56 Å². The summed E-state index contributed by atoms with van der Waals surface area (Å²) in [7, 11) is 1.99. The van der Waals surface area contributed by atoms with Gasteiger partial charge in [0.2, 0.25) is 0 Å². The van der Waals surface area contributed by atoms with Crippen molar-refractivity contribution in [2.45, 2.75) is 25.4 Å². The molecule has 1 aliphatic heterocycles. The van der Waals surface area contributed by atoms with Gasteiger partial charge in [0.15, 0.2) is 5.84 Å². The standard InChI is InChI=1S/C13H20N4O2/c1-17(9-11-4-2-3-7-19-11)12-6-5-10(8-15-12)13(14)16-18/h5-6,8,11,18H,2-4,7,9H2,1H3,(H2,14,16). The fraction of sp³-hybridized carbons (Fsp3) is 0.538. The van der Waals surface area contributed by atoms with Gasteiger partial charge in [-0.3, -0.25) is 0 Å². The van der Waals surface area contributed by atoms with E-state index in [0.717, 1.165) is 31.8 Å². The maximum atomic E-state index is 8.59. The van der Waals surface area contributed by atoms with Crippen LogP contribution in [-0.4, -0.2) is 42.3 Å². The fourth-order valence-corrected chi connectivity index (χ4v) is 2.17. The van der Waals surface area contributed by atoms with Crippen LogP contribution >= 0.6 is 0 Å². The molecule has 1 aliphatic rings. The summed E-state index contributed by atoms with van der Waals surface area (Å²) in [6.07, 6.45) is 5.38. The Hall–Kier alpha value is -1.82. The van der Waals surface area contributed by atoms with Gasteiger partial charge in [-0.1, -0.05) is 5.16 Å². The third-order valence-electron chi connectivity index (χ3n) is 3.29. The molecule has 19 heavy (non-hydrogen) atoms. The van der Waals surface area contributed by atoms with Gasteiger partial charge < -0.3 is 20.6 Å². The predicted molar refractivity (Wildman–Crippen MR) is 73.6 cm³/mol. The predicted octanol–water partition coefficient (Wildman–Crippen LogP) is 1.18. The van der Waals surface area contributed by atoms with Crippen LogP contribution in [0.3, 0.4) is 0 Å². The highest BCUT2D eigenvalue weighted by Gasteiger charge is 2.16. The lowest BCUT2D eigenvalue weighted by atomic mass is 10.1. The van der Waals surface area contributed by atoms with Gasteiger partial charge in [-0.2, -0.15) is 0 Å². The third-order valence-corrected chi connectivity index (χ3v) is 3.29. The first kappa shape index (κ1) is 13.6. The van der Waals surface area contributed by atoms with Gasteiger partial charge in [0.1, 0.15) is 5.82 Å². The molecule has 0 spiro atoms. The number of rotatable bonds is 4. The number of nitrogens with zero attached hydrogens (tertiary/aromatic N) is 3. The van der Waals surface area contributed by atoms with E-state index in [1.807, 2.05) is 13.1 Å². The van der Waals surface area contributed by atoms with Crippen LogP contribution in [0.5, 0.6) is 0 Å². The Kier molecular flexibility index (Phi) is 4.57. The van der Waals surface area contributed by atoms with E-state index in [2.05, 4.69) is 15.0 Å². The molecule has 1 aromatic rings. The van der Waals surface area contributed by atoms with Gasteiger partial charge in [0.05, 0.1) is 6.10 Å². The highest BCUT2D eigenvalue weighted by atomic mass is 16.5. The average Bonchev–Trinajstić information content (AvgIpc) is 2.47. The Morgan fingerprint density at radius 1 is 1.58 bits per heavy atom. The number of nitrogens with two attached hydrogens (primary N) is 1. The Balaban J connectivity index is 1.96. The van der Waals surface area contributed by atoms with Crippen LogP contribution < -0.4 is 10.6 Å². The fourth-order valence-electron chi connectivity index (χ4n) is 2.17. The van der Waals surface area contributed by atoms with Crippen molar-refractivity contribution < 1.29 is 9.94 Å². The van der Waals surface area contributed by atoms with Crippen molar-refractivity contribution >= 4 is 11.7 Å². The molecule has 6 heteroatoms. The summed E-state index contributed by atoms with van der Waals surface area (Å²) < 4.78 is 5.71. The number of amidine groups is 1. The average molecular weight is 264 g/mol. The summed E-state index contributed by atoms with van der Waals surface area (Å²) in [5, 5.41) is 11.5. The highest BCUT2D eigenvalue weighted by Crippen LogP contribution is 2.16. The highest BCUT2D eigenvalue weighted by molar-refractivity contribution is 5.96. The molecule has 0 radical (unpaired) electrons. The molecule has 1 atom stereocenters. The van der Waals surface area contributed by atoms with Crippen LogP contribution in [0.2, 0.25) is 0 Å². The lowest BCUT2D eigenvalue weighted by molar-refractivity contribution is 0.0215. The number of hydrogen-bond acceptors (Lipinski definition) is 5. The summed E-state index contributed by atoms with van der Waals surface area (Å²) in [5.41, 5.74) is 6.10. The Labute approximate surface area is 112 Å². The van der Waals surface area contributed by atoms with Crippen molar-refractivity contribution in [2.75, 3.05) is 25.1 Å². The van der Waals surface area contributed by atoms with Crippen LogP contribution in [0.4, 0.5) is 5.82 Å². The number of anilines is 1. The molecule has 0 amide bonds. The topological polar surface area (TPSA) is 84.0 Å². The van der Waals surface area contributed by atoms with Gasteiger partial charge >= 0.3 is 0 Å². The zero-order chi connectivity index (χ0) is 13.7. The molecule has 2 rings (SSSR count). The first-order chi connectivity index (χ1) is 9.20. The van der Waals surface area contributed by atoms with Crippen molar-refractivity contribution in [3.63, 3.8) is 0 Å². The lowest BCUT2D eigenvalue weighted by Gasteiger charge is -2.28. The van der Waals surface area contributed by atoms with E-state index in [9.17, 15) is 0 Å². The number of likely N-dealkylation sites (N-methyl/N-ethyl adjacent to an activating group) is 1. The van der Waals surface area contributed by atoms with E-state index in [1.165, 1.54) is 6.42 Å². The van der Waals surface area contributed by atoms with Crippen LogP contribution in [0.25, 0.3) is 0 Å². The quantitative estimate of drug-likeness (QED) is 0.369. The number of pyridine rings is 1. The van der Waals surface area contributed by atoms with Gasteiger partial charge in [-0.25, -0.2) is 4.98 Å². The summed E-state index contributed by atoms with van der Waals surface area (Å²) in [5.74, 6) is 0.918. The number of ether oxygens (including phenoxy) is 1. The molecule has 104 valence electrons. The first-order valence-electron chi connectivity index (χ1n) is 6.47. The van der Waals surface area contributed by atoms with Crippen LogP contribution in [0, 0.1) is 0 Å². The van der Waals surface area contributed by atoms with Crippen molar-refractivity contribution in [3.8, 4) is 0 Å². The molecule has 0 aliphatic carbocycles. The molecule has 1 saturated heterocycles.